The van der Waals surface area contributed by atoms with Gasteiger partial charge in [-0.1, -0.05) is 18.2 Å². The van der Waals surface area contributed by atoms with E-state index in [1.165, 1.54) is 4.31 Å². The summed E-state index contributed by atoms with van der Waals surface area (Å²) in [4.78, 5) is 2.26. The van der Waals surface area contributed by atoms with Crippen LogP contribution in [0.25, 0.3) is 0 Å². The lowest BCUT2D eigenvalue weighted by Crippen LogP contribution is -2.46. The average Bonchev–Trinajstić information content (AvgIpc) is 2.73. The van der Waals surface area contributed by atoms with E-state index >= 15 is 0 Å². The molecule has 0 saturated carbocycles. The molecule has 0 aliphatic carbocycles. The van der Waals surface area contributed by atoms with Gasteiger partial charge in [-0.2, -0.15) is 0 Å². The maximum Gasteiger partial charge on any atom is 0.264 e. The van der Waals surface area contributed by atoms with Crippen molar-refractivity contribution >= 4 is 15.7 Å². The number of rotatable bonds is 8. The minimum Gasteiger partial charge on any atom is -0.497 e. The second-order valence-corrected chi connectivity index (χ2v) is 8.48. The number of nitrogens with zero attached hydrogens (tertiary/aromatic N) is 2. The highest BCUT2D eigenvalue weighted by Crippen LogP contribution is 2.26. The van der Waals surface area contributed by atoms with Crippen LogP contribution in [0, 0.1) is 0 Å². The first-order valence-electron chi connectivity index (χ1n) is 9.21. The van der Waals surface area contributed by atoms with Crippen molar-refractivity contribution in [1.29, 1.82) is 0 Å². The van der Waals surface area contributed by atoms with Gasteiger partial charge >= 0.3 is 0 Å². The number of benzene rings is 2. The summed E-state index contributed by atoms with van der Waals surface area (Å²) in [5, 5.41) is 10.6. The van der Waals surface area contributed by atoms with Crippen LogP contribution in [-0.2, 0) is 14.8 Å². The summed E-state index contributed by atoms with van der Waals surface area (Å²) in [7, 11) is -2.27. The van der Waals surface area contributed by atoms with E-state index in [9.17, 15) is 13.5 Å². The molecule has 1 atom stereocenters. The van der Waals surface area contributed by atoms with Gasteiger partial charge in [-0.05, 0) is 36.4 Å². The van der Waals surface area contributed by atoms with Crippen LogP contribution in [0.2, 0.25) is 0 Å². The minimum absolute atomic E-state index is 0.0408. The monoisotopic (exact) mass is 406 g/mol. The average molecular weight is 407 g/mol. The number of hydrogen-bond acceptors (Lipinski definition) is 6. The first kappa shape index (κ1) is 20.6. The highest BCUT2D eigenvalue weighted by atomic mass is 32.2. The number of anilines is 1. The van der Waals surface area contributed by atoms with Crippen molar-refractivity contribution < 1.29 is 23.0 Å². The lowest BCUT2D eigenvalue weighted by Gasteiger charge is -2.31. The highest BCUT2D eigenvalue weighted by molar-refractivity contribution is 7.92. The van der Waals surface area contributed by atoms with Crippen LogP contribution < -0.4 is 9.04 Å². The molecule has 7 nitrogen and oxygen atoms in total. The van der Waals surface area contributed by atoms with Crippen LogP contribution in [0.4, 0.5) is 5.69 Å². The fourth-order valence-electron chi connectivity index (χ4n) is 3.14. The molecule has 1 saturated heterocycles. The largest absolute Gasteiger partial charge is 0.497 e. The lowest BCUT2D eigenvalue weighted by molar-refractivity contribution is 0.0166. The van der Waals surface area contributed by atoms with Crippen molar-refractivity contribution in [2.45, 2.75) is 11.0 Å². The van der Waals surface area contributed by atoms with Crippen LogP contribution in [-0.4, -0.2) is 71.0 Å². The molecule has 1 fully saturated rings. The van der Waals surface area contributed by atoms with E-state index in [-0.39, 0.29) is 11.4 Å². The van der Waals surface area contributed by atoms with Crippen molar-refractivity contribution in [2.75, 3.05) is 50.8 Å². The Balaban J connectivity index is 1.85. The molecule has 28 heavy (non-hydrogen) atoms. The molecule has 2 aromatic carbocycles. The topological polar surface area (TPSA) is 79.3 Å². The summed E-state index contributed by atoms with van der Waals surface area (Å²) >= 11 is 0. The molecule has 3 rings (SSSR count). The molecule has 0 radical (unpaired) electrons. The van der Waals surface area contributed by atoms with Gasteiger partial charge in [0.2, 0.25) is 0 Å². The summed E-state index contributed by atoms with van der Waals surface area (Å²) in [6.07, 6.45) is -0.835. The van der Waals surface area contributed by atoms with E-state index in [0.717, 1.165) is 13.1 Å². The molecule has 152 valence electrons. The first-order chi connectivity index (χ1) is 13.5. The van der Waals surface area contributed by atoms with E-state index in [1.54, 1.807) is 61.7 Å². The first-order valence-corrected chi connectivity index (χ1v) is 10.6. The van der Waals surface area contributed by atoms with Crippen LogP contribution in [0.3, 0.4) is 0 Å². The summed E-state index contributed by atoms with van der Waals surface area (Å²) in [5.74, 6) is 0.634. The van der Waals surface area contributed by atoms with Gasteiger partial charge in [-0.3, -0.25) is 9.21 Å². The summed E-state index contributed by atoms with van der Waals surface area (Å²) < 4.78 is 38.3. The van der Waals surface area contributed by atoms with Gasteiger partial charge in [-0.15, -0.1) is 0 Å². The Morgan fingerprint density at radius 1 is 1.11 bits per heavy atom. The molecule has 0 unspecified atom stereocenters. The third kappa shape index (κ3) is 5.02. The molecule has 1 N–H and O–H groups in total. The van der Waals surface area contributed by atoms with E-state index in [4.69, 9.17) is 9.47 Å². The van der Waals surface area contributed by atoms with Crippen LogP contribution in [0.1, 0.15) is 0 Å². The van der Waals surface area contributed by atoms with E-state index in [1.807, 2.05) is 0 Å². The number of morpholine rings is 1. The number of β-amino-alcohol motifs (C(OH)–C–C–N with tert-alkyl or cyclic N) is 1. The molecular formula is C20H26N2O5S. The van der Waals surface area contributed by atoms with Gasteiger partial charge in [-0.25, -0.2) is 8.42 Å². The van der Waals surface area contributed by atoms with Crippen molar-refractivity contribution in [3.05, 3.63) is 54.6 Å². The fraction of sp³-hybridized carbons (Fsp3) is 0.400. The molecule has 2 aromatic rings. The maximum atomic E-state index is 13.3. The molecule has 0 amide bonds. The predicted molar refractivity (Wildman–Crippen MR) is 107 cm³/mol. The Kier molecular flexibility index (Phi) is 6.90. The maximum absolute atomic E-state index is 13.3. The third-order valence-corrected chi connectivity index (χ3v) is 6.45. The number of ether oxygens (including phenoxy) is 2. The van der Waals surface area contributed by atoms with Crippen LogP contribution in [0.15, 0.2) is 59.5 Å². The van der Waals surface area contributed by atoms with Crippen molar-refractivity contribution in [2.24, 2.45) is 0 Å². The van der Waals surface area contributed by atoms with Crippen molar-refractivity contribution in [3.63, 3.8) is 0 Å². The number of hydrogen-bond donors (Lipinski definition) is 1. The highest BCUT2D eigenvalue weighted by Gasteiger charge is 2.28. The Bertz CT molecular complexity index is 837. The molecule has 0 bridgehead atoms. The Hall–Kier alpha value is -2.13. The van der Waals surface area contributed by atoms with Gasteiger partial charge in [0.1, 0.15) is 5.75 Å². The SMILES string of the molecule is COc1ccc(N(C[C@@H](O)CN2CCOCC2)S(=O)(=O)c2ccccc2)cc1. The fourth-order valence-corrected chi connectivity index (χ4v) is 4.66. The lowest BCUT2D eigenvalue weighted by atomic mass is 10.2. The van der Waals surface area contributed by atoms with Crippen molar-refractivity contribution in [1.82, 2.24) is 4.90 Å². The molecular weight excluding hydrogens is 380 g/mol. The second kappa shape index (κ2) is 9.38. The predicted octanol–water partition coefficient (Wildman–Crippen LogP) is 1.58. The van der Waals surface area contributed by atoms with E-state index < -0.39 is 16.1 Å². The number of aliphatic hydroxyl groups excluding tert-OH is 1. The number of aliphatic hydroxyl groups is 1. The molecule has 8 heteroatoms. The molecule has 0 spiro atoms. The zero-order valence-electron chi connectivity index (χ0n) is 15.9. The second-order valence-electron chi connectivity index (χ2n) is 6.61. The number of sulfonamides is 1. The number of methoxy groups -OCH3 is 1. The summed E-state index contributed by atoms with van der Waals surface area (Å²) in [6.45, 7) is 3.05. The zero-order valence-corrected chi connectivity index (χ0v) is 16.7. The zero-order chi connectivity index (χ0) is 20.0. The quantitative estimate of drug-likeness (QED) is 0.717. The molecule has 0 aromatic heterocycles. The van der Waals surface area contributed by atoms with Crippen molar-refractivity contribution in [3.8, 4) is 5.75 Å². The normalized spacial score (nSPS) is 16.5. The smallest absolute Gasteiger partial charge is 0.264 e. The van der Waals surface area contributed by atoms with Gasteiger partial charge in [0.05, 0.1) is 43.6 Å². The van der Waals surface area contributed by atoms with Crippen LogP contribution in [0.5, 0.6) is 5.75 Å². The van der Waals surface area contributed by atoms with Crippen LogP contribution >= 0.6 is 0 Å². The van der Waals surface area contributed by atoms with E-state index in [2.05, 4.69) is 4.90 Å². The van der Waals surface area contributed by atoms with Gasteiger partial charge in [0, 0.05) is 19.6 Å². The molecule has 1 aliphatic rings. The Morgan fingerprint density at radius 3 is 2.36 bits per heavy atom. The van der Waals surface area contributed by atoms with E-state index in [0.29, 0.717) is 31.2 Å². The Morgan fingerprint density at radius 2 is 1.75 bits per heavy atom. The van der Waals surface area contributed by atoms with Gasteiger partial charge in [0.25, 0.3) is 10.0 Å². The summed E-state index contributed by atoms with van der Waals surface area (Å²) in [6, 6.07) is 15.0. The Labute approximate surface area is 166 Å². The van der Waals surface area contributed by atoms with Gasteiger partial charge in [0.15, 0.2) is 0 Å². The van der Waals surface area contributed by atoms with Gasteiger partial charge < -0.3 is 14.6 Å². The third-order valence-electron chi connectivity index (χ3n) is 4.64. The molecule has 1 heterocycles. The minimum atomic E-state index is -3.82. The standard InChI is InChI=1S/C20H26N2O5S/c1-26-19-9-7-17(8-10-19)22(28(24,25)20-5-3-2-4-6-20)16-18(23)15-21-11-13-27-14-12-21/h2-10,18,23H,11-16H2,1H3/t18-/m0/s1. The molecule has 1 aliphatic heterocycles. The summed E-state index contributed by atoms with van der Waals surface area (Å²) in [5.41, 5.74) is 0.477.